The smallest absolute Gasteiger partial charge is 0.251 e. The van der Waals surface area contributed by atoms with Gasteiger partial charge in [0.2, 0.25) is 5.95 Å². The molecule has 158 valence electrons. The average molecular weight is 425 g/mol. The number of benzene rings is 1. The maximum absolute atomic E-state index is 12.0. The van der Waals surface area contributed by atoms with E-state index in [2.05, 4.69) is 38.8 Å². The topological polar surface area (TPSA) is 82.2 Å². The van der Waals surface area contributed by atoms with E-state index >= 15 is 0 Å². The lowest BCUT2D eigenvalue weighted by atomic mass is 10.1. The predicted octanol–water partition coefficient (Wildman–Crippen LogP) is 2.76. The van der Waals surface area contributed by atoms with Crippen LogP contribution >= 0.6 is 11.3 Å². The van der Waals surface area contributed by atoms with Crippen molar-refractivity contribution < 1.29 is 4.79 Å². The minimum absolute atomic E-state index is 0.0730. The summed E-state index contributed by atoms with van der Waals surface area (Å²) < 4.78 is 1.08. The Bertz CT molecular complexity index is 1040. The maximum atomic E-state index is 12.0. The van der Waals surface area contributed by atoms with Gasteiger partial charge in [-0.05, 0) is 42.5 Å². The molecule has 1 atom stereocenters. The molecule has 3 heterocycles. The fourth-order valence-electron chi connectivity index (χ4n) is 3.75. The van der Waals surface area contributed by atoms with E-state index in [0.29, 0.717) is 5.56 Å². The Morgan fingerprint density at radius 1 is 1.33 bits per heavy atom. The number of hydrogen-bond donors (Lipinski definition) is 3. The molecule has 1 unspecified atom stereocenters. The van der Waals surface area contributed by atoms with Crippen LogP contribution in [0.4, 0.5) is 5.95 Å². The van der Waals surface area contributed by atoms with Crippen LogP contribution in [-0.2, 0) is 0 Å². The highest BCUT2D eigenvalue weighted by atomic mass is 32.1. The molecule has 0 saturated carbocycles. The van der Waals surface area contributed by atoms with E-state index in [1.54, 1.807) is 18.4 Å². The molecule has 2 aromatic heterocycles. The highest BCUT2D eigenvalue weighted by Gasteiger charge is 2.23. The molecule has 1 amide bonds. The summed E-state index contributed by atoms with van der Waals surface area (Å²) in [6.45, 7) is 7.91. The largest absolute Gasteiger partial charge is 0.355 e. The number of nitrogens with one attached hydrogen (secondary N) is 3. The molecule has 4 rings (SSSR count). The number of thiophene rings is 1. The summed E-state index contributed by atoms with van der Waals surface area (Å²) >= 11 is 1.66. The van der Waals surface area contributed by atoms with Crippen LogP contribution in [0, 0.1) is 6.92 Å². The van der Waals surface area contributed by atoms with Crippen molar-refractivity contribution in [2.24, 2.45) is 0 Å². The lowest BCUT2D eigenvalue weighted by Crippen LogP contribution is -2.58. The summed E-state index contributed by atoms with van der Waals surface area (Å²) in [5.74, 6) is 0.679. The molecule has 1 saturated heterocycles. The number of aromatic nitrogens is 2. The Hall–Kier alpha value is -2.55. The third kappa shape index (κ3) is 4.16. The quantitative estimate of drug-likeness (QED) is 0.565. The van der Waals surface area contributed by atoms with Crippen molar-refractivity contribution in [3.05, 3.63) is 41.6 Å². The van der Waals surface area contributed by atoms with E-state index in [4.69, 9.17) is 4.98 Å². The number of fused-ring (bicyclic) bond motifs is 1. The molecule has 1 fully saturated rings. The van der Waals surface area contributed by atoms with Crippen LogP contribution in [0.5, 0.6) is 0 Å². The van der Waals surface area contributed by atoms with Gasteiger partial charge in [0.25, 0.3) is 5.91 Å². The van der Waals surface area contributed by atoms with Gasteiger partial charge in [0.1, 0.15) is 0 Å². The second-order valence-electron chi connectivity index (χ2n) is 7.51. The van der Waals surface area contributed by atoms with Gasteiger partial charge in [-0.2, -0.15) is 0 Å². The first-order valence-corrected chi connectivity index (χ1v) is 11.2. The normalized spacial score (nSPS) is 16.6. The summed E-state index contributed by atoms with van der Waals surface area (Å²) in [6.07, 6.45) is 3.12. The molecule has 0 aliphatic carbocycles. The number of rotatable bonds is 6. The zero-order valence-corrected chi connectivity index (χ0v) is 18.5. The summed E-state index contributed by atoms with van der Waals surface area (Å²) in [5, 5.41) is 10.8. The summed E-state index contributed by atoms with van der Waals surface area (Å²) in [5.41, 5.74) is 2.67. The first-order valence-electron chi connectivity index (χ1n) is 10.4. The van der Waals surface area contributed by atoms with E-state index in [0.717, 1.165) is 64.8 Å². The van der Waals surface area contributed by atoms with Crippen molar-refractivity contribution in [3.63, 3.8) is 0 Å². The van der Waals surface area contributed by atoms with Crippen LogP contribution in [0.15, 0.2) is 30.5 Å². The number of aryl methyl sites for hydroxylation is 1. The van der Waals surface area contributed by atoms with Gasteiger partial charge in [-0.15, -0.1) is 11.3 Å². The third-order valence-electron chi connectivity index (χ3n) is 5.32. The van der Waals surface area contributed by atoms with Crippen molar-refractivity contribution in [3.8, 4) is 10.6 Å². The summed E-state index contributed by atoms with van der Waals surface area (Å²) in [4.78, 5) is 25.0. The second kappa shape index (κ2) is 9.07. The van der Waals surface area contributed by atoms with Crippen molar-refractivity contribution in [2.75, 3.05) is 38.1 Å². The molecule has 30 heavy (non-hydrogen) atoms. The zero-order valence-electron chi connectivity index (χ0n) is 17.7. The number of hydrogen-bond acceptors (Lipinski definition) is 7. The molecule has 1 aliphatic heterocycles. The van der Waals surface area contributed by atoms with Crippen molar-refractivity contribution >= 4 is 33.3 Å². The van der Waals surface area contributed by atoms with Crippen LogP contribution < -0.4 is 20.9 Å². The van der Waals surface area contributed by atoms with E-state index in [1.165, 1.54) is 0 Å². The SMILES string of the molecule is CCCN(c1ncc(C)c(-c2cc3ccc(C(=O)NC)cc3s2)n1)C1CNCCN1. The Morgan fingerprint density at radius 3 is 2.93 bits per heavy atom. The Kier molecular flexibility index (Phi) is 6.26. The van der Waals surface area contributed by atoms with E-state index in [1.807, 2.05) is 31.3 Å². The van der Waals surface area contributed by atoms with Crippen molar-refractivity contribution in [1.29, 1.82) is 0 Å². The highest BCUT2D eigenvalue weighted by Crippen LogP contribution is 2.35. The van der Waals surface area contributed by atoms with Crippen LogP contribution in [-0.4, -0.2) is 55.3 Å². The lowest BCUT2D eigenvalue weighted by molar-refractivity contribution is 0.0963. The van der Waals surface area contributed by atoms with E-state index < -0.39 is 0 Å². The number of carbonyl (C=O) groups is 1. The van der Waals surface area contributed by atoms with Crippen LogP contribution in [0.25, 0.3) is 20.7 Å². The molecule has 8 heteroatoms. The van der Waals surface area contributed by atoms with Crippen LogP contribution in [0.3, 0.4) is 0 Å². The van der Waals surface area contributed by atoms with Gasteiger partial charge >= 0.3 is 0 Å². The first kappa shape index (κ1) is 20.7. The standard InChI is InChI=1S/C22H28N6OS/c1-4-9-28(19-13-24-7-8-25-19)22-26-12-14(2)20(27-22)18-10-15-5-6-16(21(29)23-3)11-17(15)30-18/h5-6,10-12,19,24-25H,4,7-9,13H2,1-3H3,(H,23,29). The minimum atomic E-state index is -0.0730. The van der Waals surface area contributed by atoms with Gasteiger partial charge in [-0.3, -0.25) is 10.1 Å². The molecule has 0 spiro atoms. The molecule has 0 bridgehead atoms. The highest BCUT2D eigenvalue weighted by molar-refractivity contribution is 7.22. The number of anilines is 1. The Balaban J connectivity index is 1.71. The molecule has 0 radical (unpaired) electrons. The van der Waals surface area contributed by atoms with E-state index in [9.17, 15) is 4.79 Å². The van der Waals surface area contributed by atoms with Crippen LogP contribution in [0.2, 0.25) is 0 Å². The molecule has 1 aromatic carbocycles. The minimum Gasteiger partial charge on any atom is -0.355 e. The lowest BCUT2D eigenvalue weighted by Gasteiger charge is -2.35. The molecule has 3 N–H and O–H groups in total. The number of nitrogens with zero attached hydrogens (tertiary/aromatic N) is 3. The van der Waals surface area contributed by atoms with Gasteiger partial charge in [0, 0.05) is 49.7 Å². The first-order chi connectivity index (χ1) is 14.6. The Labute approximate surface area is 180 Å². The van der Waals surface area contributed by atoms with Gasteiger partial charge in [0.15, 0.2) is 0 Å². The molecule has 3 aromatic rings. The third-order valence-corrected chi connectivity index (χ3v) is 6.42. The van der Waals surface area contributed by atoms with Crippen molar-refractivity contribution in [2.45, 2.75) is 26.4 Å². The van der Waals surface area contributed by atoms with Gasteiger partial charge in [0.05, 0.1) is 16.7 Å². The average Bonchev–Trinajstić information content (AvgIpc) is 3.21. The Morgan fingerprint density at radius 2 is 2.20 bits per heavy atom. The van der Waals surface area contributed by atoms with Gasteiger partial charge in [-0.25, -0.2) is 9.97 Å². The maximum Gasteiger partial charge on any atom is 0.251 e. The monoisotopic (exact) mass is 424 g/mol. The predicted molar refractivity (Wildman–Crippen MR) is 123 cm³/mol. The molecular weight excluding hydrogens is 396 g/mol. The summed E-state index contributed by atoms with van der Waals surface area (Å²) in [6, 6.07) is 7.96. The van der Waals surface area contributed by atoms with Gasteiger partial charge in [-0.1, -0.05) is 13.0 Å². The number of amides is 1. The summed E-state index contributed by atoms with van der Waals surface area (Å²) in [7, 11) is 1.65. The fraction of sp³-hybridized carbons (Fsp3) is 0.409. The van der Waals surface area contributed by atoms with E-state index in [-0.39, 0.29) is 12.1 Å². The van der Waals surface area contributed by atoms with Crippen LogP contribution in [0.1, 0.15) is 29.3 Å². The molecule has 7 nitrogen and oxygen atoms in total. The molecule has 1 aliphatic rings. The number of carbonyl (C=O) groups excluding carboxylic acids is 1. The fourth-order valence-corrected chi connectivity index (χ4v) is 4.91. The van der Waals surface area contributed by atoms with Gasteiger partial charge < -0.3 is 15.5 Å². The second-order valence-corrected chi connectivity index (χ2v) is 8.60. The van der Waals surface area contributed by atoms with Crippen molar-refractivity contribution in [1.82, 2.24) is 25.9 Å². The number of piperazine rings is 1. The zero-order chi connectivity index (χ0) is 21.1. The molecular formula is C22H28N6OS.